The molecule has 0 aromatic carbocycles. The van der Waals surface area contributed by atoms with Crippen LogP contribution in [0.15, 0.2) is 22.9 Å². The molecule has 1 aliphatic rings. The largest absolute Gasteiger partial charge is 0.378 e. The van der Waals surface area contributed by atoms with Gasteiger partial charge in [0.15, 0.2) is 0 Å². The zero-order valence-electron chi connectivity index (χ0n) is 14.6. The first-order valence-corrected chi connectivity index (χ1v) is 8.54. The first-order valence-electron chi connectivity index (χ1n) is 8.54. The highest BCUT2D eigenvalue weighted by molar-refractivity contribution is 5.89. The minimum Gasteiger partial charge on any atom is -0.378 e. The van der Waals surface area contributed by atoms with Gasteiger partial charge in [0.1, 0.15) is 5.82 Å². The Hall–Kier alpha value is -2.48. The van der Waals surface area contributed by atoms with Crippen molar-refractivity contribution in [1.82, 2.24) is 20.4 Å². The predicted molar refractivity (Wildman–Crippen MR) is 92.3 cm³/mol. The number of hydrogen-bond donors (Lipinski definition) is 1. The van der Waals surface area contributed by atoms with Crippen molar-refractivity contribution >= 4 is 11.7 Å². The molecule has 25 heavy (non-hydrogen) atoms. The molecule has 1 N–H and O–H groups in total. The van der Waals surface area contributed by atoms with E-state index < -0.39 is 0 Å². The lowest BCUT2D eigenvalue weighted by molar-refractivity contribution is 0.0908. The van der Waals surface area contributed by atoms with Gasteiger partial charge in [-0.25, -0.2) is 4.98 Å². The summed E-state index contributed by atoms with van der Waals surface area (Å²) < 4.78 is 10.5. The first-order chi connectivity index (χ1) is 12.1. The lowest BCUT2D eigenvalue weighted by atomic mass is 10.1. The standard InChI is InChI=1S/C17H23N5O3/c1-12(2)3-5-19-16(23)17-20-15(21-25-17)13-4-6-18-14(11-13)22-7-9-24-10-8-22/h4,6,11-12H,3,5,7-10H2,1-2H3,(H,19,23). The van der Waals surface area contributed by atoms with E-state index in [0.29, 0.717) is 31.5 Å². The van der Waals surface area contributed by atoms with E-state index in [-0.39, 0.29) is 11.8 Å². The van der Waals surface area contributed by atoms with Gasteiger partial charge in [-0.2, -0.15) is 4.98 Å². The quantitative estimate of drug-likeness (QED) is 0.852. The molecule has 0 unspecified atom stereocenters. The number of morpholine rings is 1. The Morgan fingerprint density at radius 1 is 1.36 bits per heavy atom. The topological polar surface area (TPSA) is 93.4 Å². The molecule has 8 heteroatoms. The van der Waals surface area contributed by atoms with Crippen LogP contribution in [-0.2, 0) is 4.74 Å². The van der Waals surface area contributed by atoms with Gasteiger partial charge in [0, 0.05) is 31.4 Å². The van der Waals surface area contributed by atoms with E-state index in [1.807, 2.05) is 6.07 Å². The highest BCUT2D eigenvalue weighted by atomic mass is 16.5. The number of nitrogens with zero attached hydrogens (tertiary/aromatic N) is 4. The molecule has 8 nitrogen and oxygen atoms in total. The van der Waals surface area contributed by atoms with Crippen molar-refractivity contribution in [3.8, 4) is 11.4 Å². The molecule has 0 spiro atoms. The van der Waals surface area contributed by atoms with Crippen molar-refractivity contribution in [2.45, 2.75) is 20.3 Å². The van der Waals surface area contributed by atoms with Crippen LogP contribution in [0.4, 0.5) is 5.82 Å². The molecular weight excluding hydrogens is 322 g/mol. The molecule has 1 fully saturated rings. The molecular formula is C17H23N5O3. The van der Waals surface area contributed by atoms with E-state index in [0.717, 1.165) is 30.9 Å². The maximum atomic E-state index is 12.0. The molecule has 2 aromatic rings. The SMILES string of the molecule is CC(C)CCNC(=O)c1nc(-c2ccnc(N3CCOCC3)c2)no1. The molecule has 0 radical (unpaired) electrons. The van der Waals surface area contributed by atoms with Crippen LogP contribution in [0.3, 0.4) is 0 Å². The number of amides is 1. The maximum absolute atomic E-state index is 12.0. The van der Waals surface area contributed by atoms with Crippen LogP contribution in [-0.4, -0.2) is 53.9 Å². The number of ether oxygens (including phenoxy) is 1. The number of anilines is 1. The molecule has 3 heterocycles. The van der Waals surface area contributed by atoms with E-state index in [4.69, 9.17) is 9.26 Å². The Morgan fingerprint density at radius 2 is 2.16 bits per heavy atom. The Labute approximate surface area is 146 Å². The summed E-state index contributed by atoms with van der Waals surface area (Å²) in [6.45, 7) is 7.77. The van der Waals surface area contributed by atoms with Crippen LogP contribution in [0.2, 0.25) is 0 Å². The second kappa shape index (κ2) is 8.06. The average Bonchev–Trinajstić information content (AvgIpc) is 3.12. The summed E-state index contributed by atoms with van der Waals surface area (Å²) >= 11 is 0. The minimum atomic E-state index is -0.346. The predicted octanol–water partition coefficient (Wildman–Crippen LogP) is 1.74. The molecule has 1 saturated heterocycles. The van der Waals surface area contributed by atoms with Gasteiger partial charge in [-0.05, 0) is 24.5 Å². The number of aromatic nitrogens is 3. The average molecular weight is 345 g/mol. The van der Waals surface area contributed by atoms with E-state index in [2.05, 4.69) is 39.2 Å². The fraction of sp³-hybridized carbons (Fsp3) is 0.529. The third-order valence-electron chi connectivity index (χ3n) is 3.97. The van der Waals surface area contributed by atoms with E-state index in [9.17, 15) is 4.79 Å². The lowest BCUT2D eigenvalue weighted by Gasteiger charge is -2.27. The van der Waals surface area contributed by atoms with Gasteiger partial charge in [0.25, 0.3) is 0 Å². The number of carbonyl (C=O) groups is 1. The van der Waals surface area contributed by atoms with Crippen molar-refractivity contribution in [2.24, 2.45) is 5.92 Å². The molecule has 3 rings (SSSR count). The van der Waals surface area contributed by atoms with E-state index >= 15 is 0 Å². The second-order valence-electron chi connectivity index (χ2n) is 6.36. The monoisotopic (exact) mass is 345 g/mol. The zero-order chi connectivity index (χ0) is 17.6. The van der Waals surface area contributed by atoms with Gasteiger partial charge in [-0.1, -0.05) is 19.0 Å². The molecule has 0 bridgehead atoms. The van der Waals surface area contributed by atoms with Crippen molar-refractivity contribution in [3.63, 3.8) is 0 Å². The van der Waals surface area contributed by atoms with Crippen molar-refractivity contribution in [3.05, 3.63) is 24.2 Å². The Bertz CT molecular complexity index is 710. The first kappa shape index (κ1) is 17.3. The molecule has 2 aromatic heterocycles. The van der Waals surface area contributed by atoms with Gasteiger partial charge in [0.05, 0.1) is 13.2 Å². The van der Waals surface area contributed by atoms with Crippen LogP contribution in [0.25, 0.3) is 11.4 Å². The number of rotatable bonds is 6. The summed E-state index contributed by atoms with van der Waals surface area (Å²) in [6, 6.07) is 3.70. The third kappa shape index (κ3) is 4.54. The minimum absolute atomic E-state index is 0.0245. The third-order valence-corrected chi connectivity index (χ3v) is 3.97. The van der Waals surface area contributed by atoms with Gasteiger partial charge in [0.2, 0.25) is 5.82 Å². The summed E-state index contributed by atoms with van der Waals surface area (Å²) in [4.78, 5) is 22.8. The maximum Gasteiger partial charge on any atom is 0.316 e. The number of nitrogens with one attached hydrogen (secondary N) is 1. The van der Waals surface area contributed by atoms with Crippen LogP contribution in [0.1, 0.15) is 31.0 Å². The smallest absolute Gasteiger partial charge is 0.316 e. The van der Waals surface area contributed by atoms with Crippen LogP contribution in [0, 0.1) is 5.92 Å². The van der Waals surface area contributed by atoms with Crippen molar-refractivity contribution in [1.29, 1.82) is 0 Å². The normalized spacial score (nSPS) is 14.8. The summed E-state index contributed by atoms with van der Waals surface area (Å²) in [5, 5.41) is 6.71. The van der Waals surface area contributed by atoms with Gasteiger partial charge < -0.3 is 19.5 Å². The van der Waals surface area contributed by atoms with Crippen molar-refractivity contribution < 1.29 is 14.1 Å². The summed E-state index contributed by atoms with van der Waals surface area (Å²) in [5.41, 5.74) is 0.765. The van der Waals surface area contributed by atoms with Crippen LogP contribution >= 0.6 is 0 Å². The van der Waals surface area contributed by atoms with Gasteiger partial charge in [-0.15, -0.1) is 0 Å². The summed E-state index contributed by atoms with van der Waals surface area (Å²) in [5.74, 6) is 1.37. The van der Waals surface area contributed by atoms with Crippen molar-refractivity contribution in [2.75, 3.05) is 37.7 Å². The number of pyridine rings is 1. The fourth-order valence-electron chi connectivity index (χ4n) is 2.51. The van der Waals surface area contributed by atoms with Gasteiger partial charge in [-0.3, -0.25) is 4.79 Å². The molecule has 0 atom stereocenters. The highest BCUT2D eigenvalue weighted by Gasteiger charge is 2.18. The van der Waals surface area contributed by atoms with Crippen LogP contribution < -0.4 is 10.2 Å². The molecule has 1 aliphatic heterocycles. The van der Waals surface area contributed by atoms with E-state index in [1.165, 1.54) is 0 Å². The Balaban J connectivity index is 1.68. The highest BCUT2D eigenvalue weighted by Crippen LogP contribution is 2.21. The fourth-order valence-corrected chi connectivity index (χ4v) is 2.51. The lowest BCUT2D eigenvalue weighted by Crippen LogP contribution is -2.36. The molecule has 0 saturated carbocycles. The second-order valence-corrected chi connectivity index (χ2v) is 6.36. The Morgan fingerprint density at radius 3 is 2.92 bits per heavy atom. The van der Waals surface area contributed by atoms with Gasteiger partial charge >= 0.3 is 11.8 Å². The molecule has 134 valence electrons. The molecule has 0 aliphatic carbocycles. The molecule has 1 amide bonds. The number of hydrogen-bond acceptors (Lipinski definition) is 7. The Kier molecular flexibility index (Phi) is 5.60. The van der Waals surface area contributed by atoms with Crippen LogP contribution in [0.5, 0.6) is 0 Å². The number of carbonyl (C=O) groups excluding carboxylic acids is 1. The van der Waals surface area contributed by atoms with E-state index in [1.54, 1.807) is 12.3 Å². The zero-order valence-corrected chi connectivity index (χ0v) is 14.6. The summed E-state index contributed by atoms with van der Waals surface area (Å²) in [6.07, 6.45) is 2.61. The summed E-state index contributed by atoms with van der Waals surface area (Å²) in [7, 11) is 0.